The summed E-state index contributed by atoms with van der Waals surface area (Å²) in [5.41, 5.74) is 2.61. The van der Waals surface area contributed by atoms with E-state index in [1.165, 1.54) is 18.3 Å². The number of furan rings is 1. The monoisotopic (exact) mass is 253 g/mol. The second kappa shape index (κ2) is 4.24. The van der Waals surface area contributed by atoms with Gasteiger partial charge < -0.3 is 9.52 Å². The van der Waals surface area contributed by atoms with E-state index in [4.69, 9.17) is 9.52 Å². The fourth-order valence-corrected chi connectivity index (χ4v) is 2.03. The highest BCUT2D eigenvalue weighted by Crippen LogP contribution is 2.28. The van der Waals surface area contributed by atoms with Crippen LogP contribution >= 0.6 is 0 Å². The van der Waals surface area contributed by atoms with Gasteiger partial charge in [-0.2, -0.15) is 0 Å². The van der Waals surface area contributed by atoms with Crippen LogP contribution in [0.15, 0.2) is 47.0 Å². The van der Waals surface area contributed by atoms with Crippen molar-refractivity contribution in [3.8, 4) is 11.5 Å². The van der Waals surface area contributed by atoms with Crippen molar-refractivity contribution in [1.82, 2.24) is 4.98 Å². The Labute approximate surface area is 109 Å². The zero-order chi connectivity index (χ0) is 13.4. The van der Waals surface area contributed by atoms with Gasteiger partial charge in [-0.15, -0.1) is 0 Å². The molecule has 1 aromatic carbocycles. The number of nitrogens with zero attached hydrogens (tertiary/aromatic N) is 1. The summed E-state index contributed by atoms with van der Waals surface area (Å²) < 4.78 is 5.71. The molecule has 0 atom stereocenters. The molecule has 0 fully saturated rings. The van der Waals surface area contributed by atoms with E-state index in [2.05, 4.69) is 4.98 Å². The summed E-state index contributed by atoms with van der Waals surface area (Å²) in [6, 6.07) is 10.7. The molecule has 0 spiro atoms. The van der Waals surface area contributed by atoms with E-state index >= 15 is 0 Å². The predicted octanol–water partition coefficient (Wildman–Crippen LogP) is 3.50. The quantitative estimate of drug-likeness (QED) is 0.759. The highest BCUT2D eigenvalue weighted by molar-refractivity contribution is 5.89. The topological polar surface area (TPSA) is 63.3 Å². The first-order chi connectivity index (χ1) is 9.15. The number of aromatic carboxylic acids is 1. The van der Waals surface area contributed by atoms with Gasteiger partial charge in [0.2, 0.25) is 0 Å². The van der Waals surface area contributed by atoms with Crippen LogP contribution in [0.5, 0.6) is 0 Å². The summed E-state index contributed by atoms with van der Waals surface area (Å²) in [6.45, 7) is 2.00. The molecule has 0 bridgehead atoms. The molecule has 2 heterocycles. The molecular formula is C15H11NO3. The first-order valence-corrected chi connectivity index (χ1v) is 5.84. The molecule has 4 nitrogen and oxygen atoms in total. The van der Waals surface area contributed by atoms with Crippen LogP contribution in [0.4, 0.5) is 0 Å². The maximum atomic E-state index is 11.0. The Morgan fingerprint density at radius 2 is 2.11 bits per heavy atom. The summed E-state index contributed by atoms with van der Waals surface area (Å²) in [7, 11) is 0. The van der Waals surface area contributed by atoms with Crippen LogP contribution in [0.2, 0.25) is 0 Å². The molecule has 0 amide bonds. The minimum absolute atomic E-state index is 0.196. The summed E-state index contributed by atoms with van der Waals surface area (Å²) in [6.07, 6.45) is 1.47. The molecule has 0 unspecified atom stereocenters. The molecule has 4 heteroatoms. The third-order valence-electron chi connectivity index (χ3n) is 3.04. The fraction of sp³-hybridized carbons (Fsp3) is 0.0667. The molecule has 19 heavy (non-hydrogen) atoms. The van der Waals surface area contributed by atoms with Crippen molar-refractivity contribution in [2.45, 2.75) is 6.92 Å². The van der Waals surface area contributed by atoms with Crippen molar-refractivity contribution in [3.63, 3.8) is 0 Å². The SMILES string of the molecule is Cc1cccc2oc(-c3cc(C(=O)O)ccn3)cc12. The van der Waals surface area contributed by atoms with E-state index in [1.807, 2.05) is 31.2 Å². The molecule has 2 aromatic heterocycles. The third kappa shape index (κ3) is 1.97. The van der Waals surface area contributed by atoms with Gasteiger partial charge in [0.1, 0.15) is 11.3 Å². The zero-order valence-corrected chi connectivity index (χ0v) is 10.3. The maximum absolute atomic E-state index is 11.0. The third-order valence-corrected chi connectivity index (χ3v) is 3.04. The first-order valence-electron chi connectivity index (χ1n) is 5.84. The number of carboxylic acid groups (broad SMARTS) is 1. The van der Waals surface area contributed by atoms with Crippen LogP contribution in [-0.2, 0) is 0 Å². The van der Waals surface area contributed by atoms with Gasteiger partial charge in [0.15, 0.2) is 5.76 Å². The minimum Gasteiger partial charge on any atom is -0.478 e. The second-order valence-electron chi connectivity index (χ2n) is 4.33. The van der Waals surface area contributed by atoms with Crippen molar-refractivity contribution in [2.75, 3.05) is 0 Å². The standard InChI is InChI=1S/C15H11NO3/c1-9-3-2-4-13-11(9)8-14(19-13)12-7-10(15(17)18)5-6-16-12/h2-8H,1H3,(H,17,18). The molecule has 3 aromatic rings. The molecule has 0 aliphatic carbocycles. The van der Waals surface area contributed by atoms with Crippen LogP contribution in [0.1, 0.15) is 15.9 Å². The lowest BCUT2D eigenvalue weighted by Crippen LogP contribution is -1.96. The maximum Gasteiger partial charge on any atom is 0.335 e. The highest BCUT2D eigenvalue weighted by Gasteiger charge is 2.11. The van der Waals surface area contributed by atoms with E-state index in [0.29, 0.717) is 11.5 Å². The second-order valence-corrected chi connectivity index (χ2v) is 4.33. The highest BCUT2D eigenvalue weighted by atomic mass is 16.4. The number of hydrogen-bond acceptors (Lipinski definition) is 3. The zero-order valence-electron chi connectivity index (χ0n) is 10.3. The van der Waals surface area contributed by atoms with Crippen molar-refractivity contribution >= 4 is 16.9 Å². The molecule has 0 saturated carbocycles. The molecule has 0 aliphatic rings. The van der Waals surface area contributed by atoms with Crippen molar-refractivity contribution in [2.24, 2.45) is 0 Å². The summed E-state index contributed by atoms with van der Waals surface area (Å²) in [4.78, 5) is 15.1. The number of carbonyl (C=O) groups is 1. The van der Waals surface area contributed by atoms with E-state index < -0.39 is 5.97 Å². The van der Waals surface area contributed by atoms with Crippen molar-refractivity contribution < 1.29 is 14.3 Å². The Balaban J connectivity index is 2.16. The van der Waals surface area contributed by atoms with E-state index in [0.717, 1.165) is 16.5 Å². The largest absolute Gasteiger partial charge is 0.478 e. The smallest absolute Gasteiger partial charge is 0.335 e. The van der Waals surface area contributed by atoms with Gasteiger partial charge in [-0.3, -0.25) is 4.98 Å². The molecule has 0 saturated heterocycles. The number of fused-ring (bicyclic) bond motifs is 1. The Kier molecular flexibility index (Phi) is 2.56. The molecule has 3 rings (SSSR count). The van der Waals surface area contributed by atoms with Crippen LogP contribution in [0.25, 0.3) is 22.4 Å². The molecular weight excluding hydrogens is 242 g/mol. The van der Waals surface area contributed by atoms with E-state index in [9.17, 15) is 4.79 Å². The fourth-order valence-electron chi connectivity index (χ4n) is 2.03. The average Bonchev–Trinajstić information content (AvgIpc) is 2.84. The summed E-state index contributed by atoms with van der Waals surface area (Å²) >= 11 is 0. The van der Waals surface area contributed by atoms with Crippen LogP contribution in [0, 0.1) is 6.92 Å². The Morgan fingerprint density at radius 3 is 2.84 bits per heavy atom. The number of rotatable bonds is 2. The van der Waals surface area contributed by atoms with Gasteiger partial charge in [0, 0.05) is 11.6 Å². The Bertz CT molecular complexity index is 774. The van der Waals surface area contributed by atoms with Crippen LogP contribution in [0.3, 0.4) is 0 Å². The Morgan fingerprint density at radius 1 is 1.26 bits per heavy atom. The summed E-state index contributed by atoms with van der Waals surface area (Å²) in [5.74, 6) is -0.400. The number of carboxylic acids is 1. The number of pyridine rings is 1. The van der Waals surface area contributed by atoms with E-state index in [-0.39, 0.29) is 5.56 Å². The van der Waals surface area contributed by atoms with Crippen LogP contribution < -0.4 is 0 Å². The van der Waals surface area contributed by atoms with Gasteiger partial charge in [0.25, 0.3) is 0 Å². The van der Waals surface area contributed by atoms with Gasteiger partial charge in [-0.25, -0.2) is 4.79 Å². The molecule has 0 aliphatic heterocycles. The number of aromatic nitrogens is 1. The lowest BCUT2D eigenvalue weighted by Gasteiger charge is -1.97. The lowest BCUT2D eigenvalue weighted by molar-refractivity contribution is 0.0697. The molecule has 0 radical (unpaired) electrons. The minimum atomic E-state index is -0.976. The van der Waals surface area contributed by atoms with Gasteiger partial charge in [-0.05, 0) is 36.8 Å². The number of aryl methyl sites for hydroxylation is 1. The number of hydrogen-bond donors (Lipinski definition) is 1. The molecule has 1 N–H and O–H groups in total. The van der Waals surface area contributed by atoms with Crippen molar-refractivity contribution in [1.29, 1.82) is 0 Å². The van der Waals surface area contributed by atoms with Crippen LogP contribution in [-0.4, -0.2) is 16.1 Å². The van der Waals surface area contributed by atoms with Crippen molar-refractivity contribution in [3.05, 3.63) is 53.7 Å². The van der Waals surface area contributed by atoms with Gasteiger partial charge >= 0.3 is 5.97 Å². The average molecular weight is 253 g/mol. The molecule has 94 valence electrons. The van der Waals surface area contributed by atoms with E-state index in [1.54, 1.807) is 0 Å². The lowest BCUT2D eigenvalue weighted by atomic mass is 10.1. The predicted molar refractivity (Wildman–Crippen MR) is 71.1 cm³/mol. The first kappa shape index (κ1) is 11.5. The Hall–Kier alpha value is -2.62. The van der Waals surface area contributed by atoms with Gasteiger partial charge in [-0.1, -0.05) is 12.1 Å². The number of benzene rings is 1. The van der Waals surface area contributed by atoms with Gasteiger partial charge in [0.05, 0.1) is 5.56 Å². The normalized spacial score (nSPS) is 10.8. The summed E-state index contributed by atoms with van der Waals surface area (Å²) in [5, 5.41) is 10.00.